The molecule has 1 saturated heterocycles. The Labute approximate surface area is 171 Å². The van der Waals surface area contributed by atoms with Crippen LogP contribution in [0.2, 0.25) is 5.02 Å². The maximum atomic E-state index is 13.0. The number of anilines is 1. The van der Waals surface area contributed by atoms with Crippen LogP contribution in [-0.2, 0) is 12.7 Å². The van der Waals surface area contributed by atoms with Gasteiger partial charge in [-0.05, 0) is 35.9 Å². The van der Waals surface area contributed by atoms with Crippen molar-refractivity contribution in [2.75, 3.05) is 31.1 Å². The fourth-order valence-electron chi connectivity index (χ4n) is 3.68. The van der Waals surface area contributed by atoms with Gasteiger partial charge in [0, 0.05) is 50.0 Å². The van der Waals surface area contributed by atoms with Crippen LogP contribution in [0.1, 0.15) is 11.1 Å². The number of aromatic hydroxyl groups is 1. The van der Waals surface area contributed by atoms with Crippen molar-refractivity contribution in [3.8, 4) is 5.75 Å². The first-order chi connectivity index (χ1) is 13.8. The Morgan fingerprint density at radius 1 is 1.03 bits per heavy atom. The van der Waals surface area contributed by atoms with Crippen molar-refractivity contribution >= 4 is 28.2 Å². The molecule has 0 spiro atoms. The number of hydrogen-bond acceptors (Lipinski definition) is 4. The average Bonchev–Trinajstić information content (AvgIpc) is 2.72. The molecule has 0 unspecified atom stereocenters. The average molecular weight is 422 g/mol. The molecule has 4 nitrogen and oxygen atoms in total. The molecule has 1 N–H and O–H groups in total. The van der Waals surface area contributed by atoms with Crippen LogP contribution in [0.3, 0.4) is 0 Å². The van der Waals surface area contributed by atoms with Gasteiger partial charge >= 0.3 is 6.18 Å². The van der Waals surface area contributed by atoms with Gasteiger partial charge < -0.3 is 10.0 Å². The van der Waals surface area contributed by atoms with Gasteiger partial charge in [0.25, 0.3) is 0 Å². The summed E-state index contributed by atoms with van der Waals surface area (Å²) in [5.41, 5.74) is 1.39. The van der Waals surface area contributed by atoms with Crippen LogP contribution in [0, 0.1) is 0 Å². The molecule has 0 atom stereocenters. The van der Waals surface area contributed by atoms with E-state index in [0.29, 0.717) is 43.9 Å². The van der Waals surface area contributed by atoms with Crippen LogP contribution in [0.15, 0.2) is 48.7 Å². The molecule has 1 aliphatic rings. The molecule has 2 heterocycles. The molecule has 1 fully saturated rings. The summed E-state index contributed by atoms with van der Waals surface area (Å²) in [4.78, 5) is 8.41. The molecule has 0 saturated carbocycles. The van der Waals surface area contributed by atoms with Gasteiger partial charge in [-0.2, -0.15) is 13.2 Å². The summed E-state index contributed by atoms with van der Waals surface area (Å²) in [6, 6.07) is 10.9. The van der Waals surface area contributed by atoms with E-state index in [-0.39, 0.29) is 10.8 Å². The highest BCUT2D eigenvalue weighted by atomic mass is 35.5. The van der Waals surface area contributed by atoms with Crippen molar-refractivity contribution < 1.29 is 18.3 Å². The van der Waals surface area contributed by atoms with E-state index in [1.165, 1.54) is 12.1 Å². The molecule has 152 valence electrons. The molecule has 0 aliphatic carbocycles. The smallest absolute Gasteiger partial charge is 0.416 e. The Balaban J connectivity index is 1.48. The maximum absolute atomic E-state index is 13.0. The van der Waals surface area contributed by atoms with E-state index in [2.05, 4.69) is 9.88 Å². The zero-order chi connectivity index (χ0) is 20.6. The highest BCUT2D eigenvalue weighted by Crippen LogP contribution is 2.35. The fraction of sp³-hybridized carbons (Fsp3) is 0.286. The minimum atomic E-state index is -4.34. The van der Waals surface area contributed by atoms with Crippen molar-refractivity contribution in [1.82, 2.24) is 9.88 Å². The number of benzene rings is 2. The van der Waals surface area contributed by atoms with E-state index in [0.717, 1.165) is 17.0 Å². The predicted molar refractivity (Wildman–Crippen MR) is 107 cm³/mol. The first-order valence-corrected chi connectivity index (χ1v) is 9.60. The number of phenolic OH excluding ortho intramolecular Hbond substituents is 1. The fourth-order valence-corrected chi connectivity index (χ4v) is 3.90. The first-order valence-electron chi connectivity index (χ1n) is 9.22. The third-order valence-corrected chi connectivity index (χ3v) is 5.50. The van der Waals surface area contributed by atoms with Crippen LogP contribution in [-0.4, -0.2) is 41.2 Å². The number of phenols is 1. The van der Waals surface area contributed by atoms with Gasteiger partial charge in [0.15, 0.2) is 5.75 Å². The lowest BCUT2D eigenvalue weighted by molar-refractivity contribution is -0.137. The lowest BCUT2D eigenvalue weighted by Crippen LogP contribution is -2.46. The number of aromatic nitrogens is 1. The Bertz CT molecular complexity index is 1030. The Kier molecular flexibility index (Phi) is 5.27. The third kappa shape index (κ3) is 4.11. The number of rotatable bonds is 3. The summed E-state index contributed by atoms with van der Waals surface area (Å²) in [6.45, 7) is 3.29. The summed E-state index contributed by atoms with van der Waals surface area (Å²) >= 11 is 6.16. The lowest BCUT2D eigenvalue weighted by atomic mass is 10.1. The molecule has 1 aromatic heterocycles. The Morgan fingerprint density at radius 2 is 1.79 bits per heavy atom. The van der Waals surface area contributed by atoms with Crippen molar-refractivity contribution in [3.63, 3.8) is 0 Å². The number of nitrogens with zero attached hydrogens (tertiary/aromatic N) is 3. The SMILES string of the molecule is Oc1c(Cl)cc(CN2CCN(c3cccc(C(F)(F)F)c3)CC2)c2cccnc12. The molecule has 1 aliphatic heterocycles. The molecule has 2 aromatic carbocycles. The van der Waals surface area contributed by atoms with E-state index in [1.54, 1.807) is 18.3 Å². The van der Waals surface area contributed by atoms with Crippen LogP contribution < -0.4 is 4.90 Å². The minimum Gasteiger partial charge on any atom is -0.504 e. The monoisotopic (exact) mass is 421 g/mol. The van der Waals surface area contributed by atoms with Crippen LogP contribution in [0.5, 0.6) is 5.75 Å². The molecular formula is C21H19ClF3N3O. The summed E-state index contributed by atoms with van der Waals surface area (Å²) in [5.74, 6) is -0.0274. The van der Waals surface area contributed by atoms with Gasteiger partial charge in [-0.25, -0.2) is 0 Å². The quantitative estimate of drug-likeness (QED) is 0.650. The number of pyridine rings is 1. The molecule has 0 bridgehead atoms. The van der Waals surface area contributed by atoms with Crippen molar-refractivity contribution in [3.05, 3.63) is 64.8 Å². The van der Waals surface area contributed by atoms with E-state index in [9.17, 15) is 18.3 Å². The second-order valence-corrected chi connectivity index (χ2v) is 7.48. The zero-order valence-electron chi connectivity index (χ0n) is 15.5. The molecule has 4 rings (SSSR count). The van der Waals surface area contributed by atoms with Crippen molar-refractivity contribution in [2.24, 2.45) is 0 Å². The van der Waals surface area contributed by atoms with Gasteiger partial charge in [0.1, 0.15) is 5.52 Å². The predicted octanol–water partition coefficient (Wildman–Crippen LogP) is 4.93. The molecule has 29 heavy (non-hydrogen) atoms. The largest absolute Gasteiger partial charge is 0.504 e. The van der Waals surface area contributed by atoms with E-state index >= 15 is 0 Å². The van der Waals surface area contributed by atoms with Crippen molar-refractivity contribution in [2.45, 2.75) is 12.7 Å². The summed E-state index contributed by atoms with van der Waals surface area (Å²) < 4.78 is 38.9. The highest BCUT2D eigenvalue weighted by Gasteiger charge is 2.31. The summed E-state index contributed by atoms with van der Waals surface area (Å²) in [7, 11) is 0. The number of halogens is 4. The highest BCUT2D eigenvalue weighted by molar-refractivity contribution is 6.33. The molecular weight excluding hydrogens is 403 g/mol. The van der Waals surface area contributed by atoms with E-state index in [1.807, 2.05) is 17.0 Å². The number of alkyl halides is 3. The topological polar surface area (TPSA) is 39.6 Å². The van der Waals surface area contributed by atoms with Gasteiger partial charge in [-0.1, -0.05) is 23.7 Å². The van der Waals surface area contributed by atoms with Gasteiger partial charge in [-0.15, -0.1) is 0 Å². The summed E-state index contributed by atoms with van der Waals surface area (Å²) in [6.07, 6.45) is -2.74. The molecule has 8 heteroatoms. The zero-order valence-corrected chi connectivity index (χ0v) is 16.2. The van der Waals surface area contributed by atoms with Crippen molar-refractivity contribution in [1.29, 1.82) is 0 Å². The second kappa shape index (κ2) is 7.72. The van der Waals surface area contributed by atoms with Gasteiger partial charge in [0.05, 0.1) is 10.6 Å². The van der Waals surface area contributed by atoms with Crippen LogP contribution >= 0.6 is 11.6 Å². The lowest BCUT2D eigenvalue weighted by Gasteiger charge is -2.36. The molecule has 0 radical (unpaired) electrons. The standard InChI is InChI=1S/C21H19ClF3N3O/c22-18-11-14(17-5-2-6-26-19(17)20(18)29)13-27-7-9-28(10-8-27)16-4-1-3-15(12-16)21(23,24)25/h1-6,11-12,29H,7-10,13H2. The Morgan fingerprint density at radius 3 is 2.52 bits per heavy atom. The Hall–Kier alpha value is -2.51. The van der Waals surface area contributed by atoms with Gasteiger partial charge in [0.2, 0.25) is 0 Å². The van der Waals surface area contributed by atoms with Crippen LogP contribution in [0.4, 0.5) is 18.9 Å². The summed E-state index contributed by atoms with van der Waals surface area (Å²) in [5, 5.41) is 11.2. The maximum Gasteiger partial charge on any atom is 0.416 e. The molecule has 0 amide bonds. The number of hydrogen-bond donors (Lipinski definition) is 1. The minimum absolute atomic E-state index is 0.0274. The third-order valence-electron chi connectivity index (χ3n) is 5.21. The molecule has 3 aromatic rings. The number of fused-ring (bicyclic) bond motifs is 1. The van der Waals surface area contributed by atoms with E-state index in [4.69, 9.17) is 11.6 Å². The first kappa shape index (κ1) is 19.8. The van der Waals surface area contributed by atoms with Gasteiger partial charge in [-0.3, -0.25) is 9.88 Å². The second-order valence-electron chi connectivity index (χ2n) is 7.08. The number of piperazine rings is 1. The van der Waals surface area contributed by atoms with Crippen LogP contribution in [0.25, 0.3) is 10.9 Å². The normalized spacial score (nSPS) is 15.8. The van der Waals surface area contributed by atoms with E-state index < -0.39 is 11.7 Å².